The summed E-state index contributed by atoms with van der Waals surface area (Å²) in [5.41, 5.74) is 0.217. The first-order chi connectivity index (χ1) is 8.16. The largest absolute Gasteiger partial charge is 0.478 e. The van der Waals surface area contributed by atoms with Crippen molar-refractivity contribution in [3.8, 4) is 0 Å². The van der Waals surface area contributed by atoms with Crippen molar-refractivity contribution < 1.29 is 15.0 Å². The zero-order valence-corrected chi connectivity index (χ0v) is 9.47. The lowest BCUT2D eigenvalue weighted by molar-refractivity contribution is 0.0696. The molecule has 2 rings (SSSR count). The fraction of sp³-hybridized carbons (Fsp3) is 0.500. The molecule has 0 bridgehead atoms. The van der Waals surface area contributed by atoms with Gasteiger partial charge in [-0.1, -0.05) is 6.42 Å². The number of carboxylic acid groups (broad SMARTS) is 1. The molecular formula is C12H16N2O3. The third kappa shape index (κ3) is 2.94. The smallest absolute Gasteiger partial charge is 0.335 e. The van der Waals surface area contributed by atoms with Gasteiger partial charge in [-0.2, -0.15) is 0 Å². The zero-order valence-electron chi connectivity index (χ0n) is 9.47. The van der Waals surface area contributed by atoms with Gasteiger partial charge in [-0.25, -0.2) is 9.78 Å². The lowest BCUT2D eigenvalue weighted by Gasteiger charge is -2.15. The summed E-state index contributed by atoms with van der Waals surface area (Å²) in [7, 11) is 0. The van der Waals surface area contributed by atoms with E-state index < -0.39 is 5.97 Å². The van der Waals surface area contributed by atoms with Crippen LogP contribution in [0.3, 0.4) is 0 Å². The third-order valence-corrected chi connectivity index (χ3v) is 3.17. The van der Waals surface area contributed by atoms with E-state index in [4.69, 9.17) is 5.11 Å². The van der Waals surface area contributed by atoms with Crippen molar-refractivity contribution >= 4 is 11.8 Å². The molecular weight excluding hydrogens is 220 g/mol. The number of nitrogens with zero attached hydrogens (tertiary/aromatic N) is 1. The zero-order chi connectivity index (χ0) is 12.3. The molecule has 0 radical (unpaired) electrons. The molecule has 92 valence electrons. The topological polar surface area (TPSA) is 82.5 Å². The quantitative estimate of drug-likeness (QED) is 0.735. The Hall–Kier alpha value is -1.62. The maximum absolute atomic E-state index is 10.8. The Labute approximate surface area is 99.5 Å². The van der Waals surface area contributed by atoms with E-state index in [-0.39, 0.29) is 17.6 Å². The van der Waals surface area contributed by atoms with Crippen LogP contribution in [0.1, 0.15) is 29.6 Å². The Balaban J connectivity index is 1.94. The summed E-state index contributed by atoms with van der Waals surface area (Å²) in [4.78, 5) is 14.8. The van der Waals surface area contributed by atoms with E-state index in [1.54, 1.807) is 0 Å². The van der Waals surface area contributed by atoms with Crippen LogP contribution in [0.5, 0.6) is 0 Å². The Morgan fingerprint density at radius 1 is 1.53 bits per heavy atom. The Kier molecular flexibility index (Phi) is 3.58. The molecule has 0 spiro atoms. The molecule has 1 aliphatic rings. The van der Waals surface area contributed by atoms with Crippen LogP contribution in [0.25, 0.3) is 0 Å². The summed E-state index contributed by atoms with van der Waals surface area (Å²) in [5, 5.41) is 21.6. The molecule has 0 aliphatic heterocycles. The highest BCUT2D eigenvalue weighted by molar-refractivity contribution is 5.88. The average Bonchev–Trinajstić information content (AvgIpc) is 2.72. The minimum Gasteiger partial charge on any atom is -0.478 e. The molecule has 0 amide bonds. The van der Waals surface area contributed by atoms with Crippen LogP contribution in [0.15, 0.2) is 18.3 Å². The molecule has 1 fully saturated rings. The highest BCUT2D eigenvalue weighted by atomic mass is 16.4. The number of hydrogen-bond donors (Lipinski definition) is 3. The van der Waals surface area contributed by atoms with Gasteiger partial charge in [-0.3, -0.25) is 0 Å². The SMILES string of the molecule is O=C(O)c1ccnc(NCC2CCCC2O)c1. The lowest BCUT2D eigenvalue weighted by atomic mass is 10.1. The molecule has 2 unspecified atom stereocenters. The monoisotopic (exact) mass is 236 g/mol. The number of anilines is 1. The van der Waals surface area contributed by atoms with Crippen molar-refractivity contribution in [3.05, 3.63) is 23.9 Å². The van der Waals surface area contributed by atoms with E-state index in [0.29, 0.717) is 12.4 Å². The van der Waals surface area contributed by atoms with Crippen molar-refractivity contribution in [2.75, 3.05) is 11.9 Å². The molecule has 5 nitrogen and oxygen atoms in total. The van der Waals surface area contributed by atoms with Crippen LogP contribution in [0.2, 0.25) is 0 Å². The number of carbonyl (C=O) groups is 1. The van der Waals surface area contributed by atoms with Crippen LogP contribution < -0.4 is 5.32 Å². The number of aromatic carboxylic acids is 1. The van der Waals surface area contributed by atoms with Crippen LogP contribution >= 0.6 is 0 Å². The van der Waals surface area contributed by atoms with E-state index in [9.17, 15) is 9.90 Å². The first-order valence-electron chi connectivity index (χ1n) is 5.78. The van der Waals surface area contributed by atoms with Crippen LogP contribution in [-0.2, 0) is 0 Å². The van der Waals surface area contributed by atoms with Crippen LogP contribution in [0.4, 0.5) is 5.82 Å². The number of carboxylic acids is 1. The van der Waals surface area contributed by atoms with Gasteiger partial charge in [0.1, 0.15) is 5.82 Å². The molecule has 1 aliphatic carbocycles. The number of nitrogens with one attached hydrogen (secondary N) is 1. The molecule has 5 heteroatoms. The van der Waals surface area contributed by atoms with E-state index in [1.165, 1.54) is 18.3 Å². The maximum Gasteiger partial charge on any atom is 0.335 e. The van der Waals surface area contributed by atoms with Crippen molar-refractivity contribution in [2.24, 2.45) is 5.92 Å². The van der Waals surface area contributed by atoms with Crippen molar-refractivity contribution in [1.29, 1.82) is 0 Å². The summed E-state index contributed by atoms with van der Waals surface area (Å²) in [6.45, 7) is 0.636. The van der Waals surface area contributed by atoms with Gasteiger partial charge in [-0.05, 0) is 25.0 Å². The first kappa shape index (κ1) is 11.9. The predicted octanol–water partition coefficient (Wildman–Crippen LogP) is 1.35. The molecule has 0 saturated heterocycles. The summed E-state index contributed by atoms with van der Waals surface area (Å²) in [6.07, 6.45) is 4.14. The number of aliphatic hydroxyl groups is 1. The van der Waals surface area contributed by atoms with Crippen molar-refractivity contribution in [2.45, 2.75) is 25.4 Å². The molecule has 1 heterocycles. The van der Waals surface area contributed by atoms with Crippen molar-refractivity contribution in [1.82, 2.24) is 4.98 Å². The number of rotatable bonds is 4. The summed E-state index contributed by atoms with van der Waals surface area (Å²) in [6, 6.07) is 2.96. The third-order valence-electron chi connectivity index (χ3n) is 3.17. The second-order valence-corrected chi connectivity index (χ2v) is 4.37. The van der Waals surface area contributed by atoms with Crippen molar-refractivity contribution in [3.63, 3.8) is 0 Å². The standard InChI is InChI=1S/C12H16N2O3/c15-10-3-1-2-9(10)7-14-11-6-8(12(16)17)4-5-13-11/h4-6,9-10,15H,1-3,7H2,(H,13,14)(H,16,17). The molecule has 1 aromatic heterocycles. The Morgan fingerprint density at radius 3 is 3.00 bits per heavy atom. The van der Waals surface area contributed by atoms with Gasteiger partial charge in [0.2, 0.25) is 0 Å². The second-order valence-electron chi connectivity index (χ2n) is 4.37. The normalized spacial score (nSPS) is 23.6. The van der Waals surface area contributed by atoms with E-state index in [2.05, 4.69) is 10.3 Å². The van der Waals surface area contributed by atoms with E-state index >= 15 is 0 Å². The number of pyridine rings is 1. The second kappa shape index (κ2) is 5.14. The van der Waals surface area contributed by atoms with Gasteiger partial charge in [0.05, 0.1) is 11.7 Å². The first-order valence-corrected chi connectivity index (χ1v) is 5.78. The van der Waals surface area contributed by atoms with Gasteiger partial charge in [-0.15, -0.1) is 0 Å². The Bertz CT molecular complexity index is 408. The van der Waals surface area contributed by atoms with Crippen LogP contribution in [0, 0.1) is 5.92 Å². The fourth-order valence-electron chi connectivity index (χ4n) is 2.15. The van der Waals surface area contributed by atoms with Gasteiger partial charge >= 0.3 is 5.97 Å². The predicted molar refractivity (Wildman–Crippen MR) is 63.0 cm³/mol. The summed E-state index contributed by atoms with van der Waals surface area (Å²) >= 11 is 0. The molecule has 3 N–H and O–H groups in total. The number of hydrogen-bond acceptors (Lipinski definition) is 4. The minimum absolute atomic E-state index is 0.217. The summed E-state index contributed by atoms with van der Waals surface area (Å²) in [5.74, 6) is -0.175. The maximum atomic E-state index is 10.8. The molecule has 1 saturated carbocycles. The fourth-order valence-corrected chi connectivity index (χ4v) is 2.15. The number of aromatic nitrogens is 1. The van der Waals surface area contributed by atoms with Gasteiger partial charge in [0.25, 0.3) is 0 Å². The van der Waals surface area contributed by atoms with E-state index in [1.807, 2.05) is 0 Å². The van der Waals surface area contributed by atoms with Gasteiger partial charge in [0.15, 0.2) is 0 Å². The van der Waals surface area contributed by atoms with Crippen LogP contribution in [-0.4, -0.2) is 33.8 Å². The number of aliphatic hydroxyl groups excluding tert-OH is 1. The summed E-state index contributed by atoms with van der Waals surface area (Å²) < 4.78 is 0. The molecule has 17 heavy (non-hydrogen) atoms. The highest BCUT2D eigenvalue weighted by Gasteiger charge is 2.24. The molecule has 2 atom stereocenters. The van der Waals surface area contributed by atoms with Gasteiger partial charge in [0, 0.05) is 18.7 Å². The highest BCUT2D eigenvalue weighted by Crippen LogP contribution is 2.25. The molecule has 0 aromatic carbocycles. The lowest BCUT2D eigenvalue weighted by Crippen LogP contribution is -2.22. The van der Waals surface area contributed by atoms with E-state index in [0.717, 1.165) is 19.3 Å². The molecule has 1 aromatic rings. The minimum atomic E-state index is -0.962. The average molecular weight is 236 g/mol. The Morgan fingerprint density at radius 2 is 2.35 bits per heavy atom. The van der Waals surface area contributed by atoms with Gasteiger partial charge < -0.3 is 15.5 Å².